The van der Waals surface area contributed by atoms with Crippen LogP contribution < -0.4 is 10.0 Å². The summed E-state index contributed by atoms with van der Waals surface area (Å²) in [7, 11) is -3.83. The Labute approximate surface area is 178 Å². The molecule has 0 aliphatic heterocycles. The first kappa shape index (κ1) is 20.5. The molecular formula is C23H18FN3O3S. The van der Waals surface area contributed by atoms with Crippen LogP contribution in [0.3, 0.4) is 0 Å². The van der Waals surface area contributed by atoms with Crippen LogP contribution in [0.5, 0.6) is 0 Å². The highest BCUT2D eigenvalue weighted by Crippen LogP contribution is 2.19. The number of sulfonamides is 1. The summed E-state index contributed by atoms with van der Waals surface area (Å²) in [5, 5.41) is 3.78. The van der Waals surface area contributed by atoms with Crippen molar-refractivity contribution in [1.29, 1.82) is 0 Å². The fraction of sp³-hybridized carbons (Fsp3) is 0.0435. The minimum absolute atomic E-state index is 0.0389. The molecule has 0 bridgehead atoms. The second kappa shape index (κ2) is 8.53. The van der Waals surface area contributed by atoms with Gasteiger partial charge < -0.3 is 5.32 Å². The van der Waals surface area contributed by atoms with Gasteiger partial charge in [-0.25, -0.2) is 12.8 Å². The molecule has 0 fully saturated rings. The molecular weight excluding hydrogens is 417 g/mol. The lowest BCUT2D eigenvalue weighted by molar-refractivity contribution is -0.115. The quantitative estimate of drug-likeness (QED) is 0.471. The fourth-order valence-electron chi connectivity index (χ4n) is 3.06. The van der Waals surface area contributed by atoms with Gasteiger partial charge in [-0.2, -0.15) is 0 Å². The zero-order valence-corrected chi connectivity index (χ0v) is 17.1. The number of carbonyl (C=O) groups is 1. The van der Waals surface area contributed by atoms with Gasteiger partial charge in [0.2, 0.25) is 5.91 Å². The van der Waals surface area contributed by atoms with Gasteiger partial charge in [0.05, 0.1) is 16.8 Å². The molecule has 4 rings (SSSR count). The summed E-state index contributed by atoms with van der Waals surface area (Å²) in [6, 6.07) is 20.3. The molecule has 1 amide bonds. The lowest BCUT2D eigenvalue weighted by atomic mass is 10.1. The Morgan fingerprint density at radius 3 is 2.35 bits per heavy atom. The topological polar surface area (TPSA) is 88.2 Å². The summed E-state index contributed by atoms with van der Waals surface area (Å²) in [4.78, 5) is 16.6. The number of nitrogens with zero attached hydrogens (tertiary/aromatic N) is 1. The van der Waals surface area contributed by atoms with E-state index in [1.165, 1.54) is 12.1 Å². The maximum atomic E-state index is 13.0. The molecule has 0 radical (unpaired) electrons. The number of nitrogens with one attached hydrogen (secondary N) is 2. The van der Waals surface area contributed by atoms with Gasteiger partial charge in [-0.3, -0.25) is 14.5 Å². The number of amides is 1. The number of pyridine rings is 1. The molecule has 8 heteroatoms. The molecule has 156 valence electrons. The third-order valence-corrected chi connectivity index (χ3v) is 5.98. The molecule has 0 aliphatic rings. The number of hydrogen-bond donors (Lipinski definition) is 2. The van der Waals surface area contributed by atoms with E-state index >= 15 is 0 Å². The largest absolute Gasteiger partial charge is 0.326 e. The maximum Gasteiger partial charge on any atom is 0.261 e. The highest BCUT2D eigenvalue weighted by Gasteiger charge is 2.14. The number of benzene rings is 3. The minimum atomic E-state index is -3.83. The van der Waals surface area contributed by atoms with Gasteiger partial charge in [0.1, 0.15) is 5.82 Å². The summed E-state index contributed by atoms with van der Waals surface area (Å²) in [5.74, 6) is -0.704. The number of anilines is 2. The van der Waals surface area contributed by atoms with Crippen molar-refractivity contribution < 1.29 is 17.6 Å². The Hall–Kier alpha value is -3.78. The van der Waals surface area contributed by atoms with Crippen LogP contribution in [0.1, 0.15) is 5.56 Å². The molecule has 0 spiro atoms. The summed E-state index contributed by atoms with van der Waals surface area (Å²) in [6.45, 7) is 0. The Morgan fingerprint density at radius 2 is 1.61 bits per heavy atom. The molecule has 0 saturated heterocycles. The Kier molecular flexibility index (Phi) is 5.64. The molecule has 6 nitrogen and oxygen atoms in total. The molecule has 0 atom stereocenters. The second-order valence-electron chi connectivity index (χ2n) is 6.89. The van der Waals surface area contributed by atoms with Crippen molar-refractivity contribution in [3.8, 4) is 0 Å². The average Bonchev–Trinajstić information content (AvgIpc) is 2.75. The normalized spacial score (nSPS) is 11.3. The standard InChI is InChI=1S/C23H18FN3O3S/c24-18-5-10-21(11-6-18)31(29,30)27-19-7-3-16(4-8-19)14-23(28)26-20-9-12-22-17(15-20)2-1-13-25-22/h1-13,15,27H,14H2,(H,26,28). The molecule has 1 heterocycles. The van der Waals surface area contributed by atoms with Crippen LogP contribution in [0.15, 0.2) is 90.0 Å². The highest BCUT2D eigenvalue weighted by molar-refractivity contribution is 7.92. The number of carbonyl (C=O) groups excluding carboxylic acids is 1. The maximum absolute atomic E-state index is 13.0. The predicted octanol–water partition coefficient (Wildman–Crippen LogP) is 4.36. The van der Waals surface area contributed by atoms with E-state index < -0.39 is 15.8 Å². The van der Waals surface area contributed by atoms with Crippen LogP contribution in [0, 0.1) is 5.82 Å². The van der Waals surface area contributed by atoms with Gasteiger partial charge in [0, 0.05) is 23.0 Å². The Bertz CT molecular complexity index is 1340. The van der Waals surface area contributed by atoms with Crippen molar-refractivity contribution in [2.75, 3.05) is 10.0 Å². The number of fused-ring (bicyclic) bond motifs is 1. The monoisotopic (exact) mass is 435 g/mol. The van der Waals surface area contributed by atoms with Crippen molar-refractivity contribution in [3.05, 3.63) is 96.4 Å². The van der Waals surface area contributed by atoms with Crippen molar-refractivity contribution in [3.63, 3.8) is 0 Å². The van der Waals surface area contributed by atoms with Crippen LogP contribution in [0.2, 0.25) is 0 Å². The molecule has 4 aromatic rings. The first-order valence-electron chi connectivity index (χ1n) is 9.41. The molecule has 31 heavy (non-hydrogen) atoms. The van der Waals surface area contributed by atoms with E-state index in [4.69, 9.17) is 0 Å². The van der Waals surface area contributed by atoms with E-state index in [1.807, 2.05) is 24.3 Å². The Morgan fingerprint density at radius 1 is 0.903 bits per heavy atom. The zero-order chi connectivity index (χ0) is 21.8. The van der Waals surface area contributed by atoms with E-state index in [0.29, 0.717) is 11.4 Å². The third kappa shape index (κ3) is 5.04. The fourth-order valence-corrected chi connectivity index (χ4v) is 4.12. The van der Waals surface area contributed by atoms with Crippen LogP contribution >= 0.6 is 0 Å². The van der Waals surface area contributed by atoms with Crippen molar-refractivity contribution in [1.82, 2.24) is 4.98 Å². The van der Waals surface area contributed by atoms with Crippen LogP contribution in [0.4, 0.5) is 15.8 Å². The van der Waals surface area contributed by atoms with E-state index in [0.717, 1.165) is 28.6 Å². The van der Waals surface area contributed by atoms with Crippen molar-refractivity contribution >= 4 is 38.2 Å². The molecule has 0 aliphatic carbocycles. The lowest BCUT2D eigenvalue weighted by Gasteiger charge is -2.09. The second-order valence-corrected chi connectivity index (χ2v) is 8.57. The first-order valence-corrected chi connectivity index (χ1v) is 10.9. The van der Waals surface area contributed by atoms with Crippen LogP contribution in [-0.2, 0) is 21.2 Å². The predicted molar refractivity (Wildman–Crippen MR) is 118 cm³/mol. The summed E-state index contributed by atoms with van der Waals surface area (Å²) < 4.78 is 40.2. The molecule has 1 aromatic heterocycles. The van der Waals surface area contributed by atoms with Crippen molar-refractivity contribution in [2.45, 2.75) is 11.3 Å². The SMILES string of the molecule is O=C(Cc1ccc(NS(=O)(=O)c2ccc(F)cc2)cc1)Nc1ccc2ncccc2c1. The first-order chi connectivity index (χ1) is 14.9. The lowest BCUT2D eigenvalue weighted by Crippen LogP contribution is -2.15. The van der Waals surface area contributed by atoms with Gasteiger partial charge >= 0.3 is 0 Å². The molecule has 0 saturated carbocycles. The number of halogens is 1. The van der Waals surface area contributed by atoms with Crippen LogP contribution in [-0.4, -0.2) is 19.3 Å². The van der Waals surface area contributed by atoms with E-state index in [1.54, 1.807) is 36.5 Å². The van der Waals surface area contributed by atoms with Gasteiger partial charge in [0.25, 0.3) is 10.0 Å². The highest BCUT2D eigenvalue weighted by atomic mass is 32.2. The summed E-state index contributed by atoms with van der Waals surface area (Å²) in [5.41, 5.74) is 2.59. The van der Waals surface area contributed by atoms with Gasteiger partial charge in [0.15, 0.2) is 0 Å². The van der Waals surface area contributed by atoms with Crippen molar-refractivity contribution in [2.24, 2.45) is 0 Å². The number of aromatic nitrogens is 1. The van der Waals surface area contributed by atoms with Crippen LogP contribution in [0.25, 0.3) is 10.9 Å². The smallest absolute Gasteiger partial charge is 0.261 e. The molecule has 0 unspecified atom stereocenters. The summed E-state index contributed by atoms with van der Waals surface area (Å²) in [6.07, 6.45) is 1.85. The van der Waals surface area contributed by atoms with E-state index in [2.05, 4.69) is 15.0 Å². The summed E-state index contributed by atoms with van der Waals surface area (Å²) >= 11 is 0. The zero-order valence-electron chi connectivity index (χ0n) is 16.2. The van der Waals surface area contributed by atoms with E-state index in [-0.39, 0.29) is 17.2 Å². The molecule has 2 N–H and O–H groups in total. The number of hydrogen-bond acceptors (Lipinski definition) is 4. The average molecular weight is 435 g/mol. The molecule has 3 aromatic carbocycles. The van der Waals surface area contributed by atoms with Gasteiger partial charge in [-0.1, -0.05) is 18.2 Å². The number of rotatable bonds is 6. The van der Waals surface area contributed by atoms with Gasteiger partial charge in [-0.15, -0.1) is 0 Å². The Balaban J connectivity index is 1.39. The minimum Gasteiger partial charge on any atom is -0.326 e. The third-order valence-electron chi connectivity index (χ3n) is 4.58. The van der Waals surface area contributed by atoms with Gasteiger partial charge in [-0.05, 0) is 66.2 Å². The van der Waals surface area contributed by atoms with E-state index in [9.17, 15) is 17.6 Å².